The molecule has 0 heterocycles. The van der Waals surface area contributed by atoms with Crippen LogP contribution < -0.4 is 14.8 Å². The molecule has 0 radical (unpaired) electrons. The van der Waals surface area contributed by atoms with Crippen LogP contribution in [0.1, 0.15) is 25.5 Å². The monoisotopic (exact) mass is 257 g/mol. The fourth-order valence-electron chi connectivity index (χ4n) is 1.62. The van der Waals surface area contributed by atoms with Crippen molar-refractivity contribution in [3.63, 3.8) is 0 Å². The smallest absolute Gasteiger partial charge is 0.164 e. The second-order valence-corrected chi connectivity index (χ2v) is 4.26. The number of methoxy groups -OCH3 is 1. The van der Waals surface area contributed by atoms with Gasteiger partial charge in [0.15, 0.2) is 11.5 Å². The Morgan fingerprint density at radius 1 is 1.33 bits per heavy atom. The maximum atomic E-state index is 13.9. The number of benzene rings is 1. The van der Waals surface area contributed by atoms with Crippen molar-refractivity contribution in [3.8, 4) is 11.5 Å². The number of likely N-dealkylation sites (N-methyl/N-ethyl adjacent to an activating group) is 1. The Morgan fingerprint density at radius 2 is 2.00 bits per heavy atom. The van der Waals surface area contributed by atoms with E-state index in [4.69, 9.17) is 9.47 Å². The molecule has 5 heteroatoms. The summed E-state index contributed by atoms with van der Waals surface area (Å²) in [5, 5.41) is 12.6. The normalized spacial score (nSPS) is 12.6. The highest BCUT2D eigenvalue weighted by molar-refractivity contribution is 5.44. The van der Waals surface area contributed by atoms with Crippen LogP contribution in [-0.2, 0) is 0 Å². The molecule has 4 nitrogen and oxygen atoms in total. The van der Waals surface area contributed by atoms with E-state index in [0.29, 0.717) is 11.5 Å². The van der Waals surface area contributed by atoms with Crippen molar-refractivity contribution in [2.45, 2.75) is 26.1 Å². The molecule has 1 rings (SSSR count). The lowest BCUT2D eigenvalue weighted by Crippen LogP contribution is -2.18. The zero-order valence-corrected chi connectivity index (χ0v) is 11.2. The van der Waals surface area contributed by atoms with E-state index in [1.54, 1.807) is 7.05 Å². The van der Waals surface area contributed by atoms with Gasteiger partial charge in [0.1, 0.15) is 5.82 Å². The standard InChI is InChI=1S/C13H20FNO3/c1-8(2)18-13-6-10(14)9(5-12(13)17-4)11(16)7-15-3/h5-6,8,11,15-16H,7H2,1-4H3. The Kier molecular flexibility index (Phi) is 5.37. The number of aliphatic hydroxyl groups is 1. The summed E-state index contributed by atoms with van der Waals surface area (Å²) < 4.78 is 24.5. The second-order valence-electron chi connectivity index (χ2n) is 4.26. The maximum Gasteiger partial charge on any atom is 0.164 e. The molecule has 0 aromatic heterocycles. The van der Waals surface area contributed by atoms with E-state index in [1.165, 1.54) is 19.2 Å². The molecule has 0 aliphatic carbocycles. The molecule has 2 N–H and O–H groups in total. The van der Waals surface area contributed by atoms with Gasteiger partial charge in [-0.15, -0.1) is 0 Å². The Hall–Kier alpha value is -1.33. The zero-order chi connectivity index (χ0) is 13.7. The van der Waals surface area contributed by atoms with Crippen LogP contribution in [0.2, 0.25) is 0 Å². The van der Waals surface area contributed by atoms with E-state index < -0.39 is 11.9 Å². The van der Waals surface area contributed by atoms with Gasteiger partial charge in [-0.1, -0.05) is 0 Å². The molecule has 1 unspecified atom stereocenters. The highest BCUT2D eigenvalue weighted by Crippen LogP contribution is 2.33. The van der Waals surface area contributed by atoms with Crippen molar-refractivity contribution in [2.75, 3.05) is 20.7 Å². The predicted octanol–water partition coefficient (Wildman–Crippen LogP) is 1.87. The van der Waals surface area contributed by atoms with E-state index >= 15 is 0 Å². The van der Waals surface area contributed by atoms with Gasteiger partial charge in [-0.25, -0.2) is 4.39 Å². The maximum absolute atomic E-state index is 13.9. The molecule has 0 aliphatic rings. The number of aliphatic hydroxyl groups excluding tert-OH is 1. The summed E-state index contributed by atoms with van der Waals surface area (Å²) in [7, 11) is 3.17. The average molecular weight is 257 g/mol. The quantitative estimate of drug-likeness (QED) is 0.817. The fraction of sp³-hybridized carbons (Fsp3) is 0.538. The molecule has 102 valence electrons. The minimum absolute atomic E-state index is 0.0774. The van der Waals surface area contributed by atoms with Gasteiger partial charge in [-0.3, -0.25) is 0 Å². The van der Waals surface area contributed by atoms with Gasteiger partial charge in [0, 0.05) is 18.2 Å². The number of hydrogen-bond donors (Lipinski definition) is 2. The molecule has 0 aliphatic heterocycles. The van der Waals surface area contributed by atoms with E-state index in [2.05, 4.69) is 5.32 Å². The molecular weight excluding hydrogens is 237 g/mol. The van der Waals surface area contributed by atoms with Crippen LogP contribution in [0.15, 0.2) is 12.1 Å². The Balaban J connectivity index is 3.09. The lowest BCUT2D eigenvalue weighted by Gasteiger charge is -2.17. The van der Waals surface area contributed by atoms with Gasteiger partial charge in [0.05, 0.1) is 19.3 Å². The van der Waals surface area contributed by atoms with Crippen molar-refractivity contribution in [2.24, 2.45) is 0 Å². The number of rotatable bonds is 6. The number of hydrogen-bond acceptors (Lipinski definition) is 4. The van der Waals surface area contributed by atoms with Gasteiger partial charge in [-0.05, 0) is 27.0 Å². The Labute approximate surface area is 107 Å². The van der Waals surface area contributed by atoms with E-state index in [9.17, 15) is 9.50 Å². The average Bonchev–Trinajstić information content (AvgIpc) is 2.28. The summed E-state index contributed by atoms with van der Waals surface area (Å²) in [6, 6.07) is 2.71. The first kappa shape index (κ1) is 14.7. The van der Waals surface area contributed by atoms with E-state index in [1.807, 2.05) is 13.8 Å². The van der Waals surface area contributed by atoms with Crippen molar-refractivity contribution < 1.29 is 19.0 Å². The summed E-state index contributed by atoms with van der Waals surface area (Å²) in [5.41, 5.74) is 0.192. The summed E-state index contributed by atoms with van der Waals surface area (Å²) in [5.74, 6) is 0.245. The van der Waals surface area contributed by atoms with Crippen molar-refractivity contribution >= 4 is 0 Å². The Bertz CT molecular complexity index is 396. The summed E-state index contributed by atoms with van der Waals surface area (Å²) >= 11 is 0. The third kappa shape index (κ3) is 3.58. The highest BCUT2D eigenvalue weighted by atomic mass is 19.1. The summed E-state index contributed by atoms with van der Waals surface area (Å²) in [6.45, 7) is 3.96. The molecule has 0 bridgehead atoms. The van der Waals surface area contributed by atoms with Crippen molar-refractivity contribution in [1.29, 1.82) is 0 Å². The minimum Gasteiger partial charge on any atom is -0.493 e. The van der Waals surface area contributed by atoms with Crippen molar-refractivity contribution in [3.05, 3.63) is 23.5 Å². The van der Waals surface area contributed by atoms with Crippen LogP contribution in [0.5, 0.6) is 11.5 Å². The molecule has 1 atom stereocenters. The molecule has 18 heavy (non-hydrogen) atoms. The van der Waals surface area contributed by atoms with Crippen LogP contribution in [-0.4, -0.2) is 31.9 Å². The van der Waals surface area contributed by atoms with Gasteiger partial charge < -0.3 is 19.9 Å². The second kappa shape index (κ2) is 6.56. The third-order valence-corrected chi connectivity index (χ3v) is 2.40. The lowest BCUT2D eigenvalue weighted by atomic mass is 10.1. The molecular formula is C13H20FNO3. The zero-order valence-electron chi connectivity index (χ0n) is 11.2. The Morgan fingerprint density at radius 3 is 2.50 bits per heavy atom. The van der Waals surface area contributed by atoms with Gasteiger partial charge in [0.2, 0.25) is 0 Å². The molecule has 0 fully saturated rings. The topological polar surface area (TPSA) is 50.7 Å². The number of nitrogens with one attached hydrogen (secondary N) is 1. The number of ether oxygens (including phenoxy) is 2. The SMILES string of the molecule is CNCC(O)c1cc(OC)c(OC(C)C)cc1F. The predicted molar refractivity (Wildman–Crippen MR) is 67.6 cm³/mol. The lowest BCUT2D eigenvalue weighted by molar-refractivity contribution is 0.171. The third-order valence-electron chi connectivity index (χ3n) is 2.40. The van der Waals surface area contributed by atoms with Crippen LogP contribution >= 0.6 is 0 Å². The molecule has 0 saturated heterocycles. The molecule has 1 aromatic rings. The first-order valence-corrected chi connectivity index (χ1v) is 5.86. The van der Waals surface area contributed by atoms with E-state index in [0.717, 1.165) is 0 Å². The van der Waals surface area contributed by atoms with Crippen LogP contribution in [0.25, 0.3) is 0 Å². The van der Waals surface area contributed by atoms with Crippen LogP contribution in [0.4, 0.5) is 4.39 Å². The van der Waals surface area contributed by atoms with E-state index in [-0.39, 0.29) is 18.2 Å². The van der Waals surface area contributed by atoms with Gasteiger partial charge in [0.25, 0.3) is 0 Å². The summed E-state index contributed by atoms with van der Waals surface area (Å²) in [4.78, 5) is 0. The molecule has 0 spiro atoms. The molecule has 1 aromatic carbocycles. The molecule has 0 saturated carbocycles. The number of halogens is 1. The summed E-state index contributed by atoms with van der Waals surface area (Å²) in [6.07, 6.45) is -0.997. The highest BCUT2D eigenvalue weighted by Gasteiger charge is 2.17. The fourth-order valence-corrected chi connectivity index (χ4v) is 1.62. The van der Waals surface area contributed by atoms with Crippen LogP contribution in [0.3, 0.4) is 0 Å². The minimum atomic E-state index is -0.919. The van der Waals surface area contributed by atoms with Crippen molar-refractivity contribution in [1.82, 2.24) is 5.32 Å². The van der Waals surface area contributed by atoms with Crippen LogP contribution in [0, 0.1) is 5.82 Å². The molecule has 0 amide bonds. The first-order valence-electron chi connectivity index (χ1n) is 5.86. The van der Waals surface area contributed by atoms with Gasteiger partial charge >= 0.3 is 0 Å². The first-order chi connectivity index (χ1) is 8.49. The largest absolute Gasteiger partial charge is 0.493 e. The van der Waals surface area contributed by atoms with Gasteiger partial charge in [-0.2, -0.15) is 0 Å².